The Labute approximate surface area is 107 Å². The van der Waals surface area contributed by atoms with Crippen molar-refractivity contribution in [1.82, 2.24) is 4.98 Å². The molecule has 0 saturated heterocycles. The molecule has 0 aliphatic rings. The van der Waals surface area contributed by atoms with E-state index < -0.39 is 0 Å². The van der Waals surface area contributed by atoms with E-state index in [9.17, 15) is 5.11 Å². The number of ether oxygens (including phenoxy) is 1. The zero-order valence-electron chi connectivity index (χ0n) is 11.1. The lowest BCUT2D eigenvalue weighted by Gasteiger charge is -2.15. The summed E-state index contributed by atoms with van der Waals surface area (Å²) in [6, 6.07) is 0. The topological polar surface area (TPSA) is 45.6 Å². The second-order valence-electron chi connectivity index (χ2n) is 4.24. The van der Waals surface area contributed by atoms with Gasteiger partial charge in [-0.05, 0) is 12.8 Å². The maximum atomic E-state index is 9.30. The Balaban J connectivity index is 2.70. The lowest BCUT2D eigenvalue weighted by molar-refractivity contribution is 0.154. The van der Waals surface area contributed by atoms with E-state index in [0.29, 0.717) is 12.5 Å². The van der Waals surface area contributed by atoms with Gasteiger partial charge in [0.1, 0.15) is 0 Å². The van der Waals surface area contributed by atoms with Crippen LogP contribution in [0.2, 0.25) is 0 Å². The Kier molecular flexibility index (Phi) is 5.88. The average molecular weight is 258 g/mol. The smallest absolute Gasteiger partial charge is 0.185 e. The van der Waals surface area contributed by atoms with Crippen LogP contribution >= 0.6 is 11.3 Å². The molecule has 1 aromatic rings. The van der Waals surface area contributed by atoms with Crippen LogP contribution in [0.5, 0.6) is 0 Å². The van der Waals surface area contributed by atoms with Crippen molar-refractivity contribution in [3.05, 3.63) is 10.6 Å². The first kappa shape index (κ1) is 14.4. The van der Waals surface area contributed by atoms with E-state index in [4.69, 9.17) is 4.74 Å². The van der Waals surface area contributed by atoms with Crippen LogP contribution in [0.4, 0.5) is 5.13 Å². The van der Waals surface area contributed by atoms with Crippen LogP contribution < -0.4 is 4.90 Å². The Morgan fingerprint density at radius 1 is 1.47 bits per heavy atom. The summed E-state index contributed by atoms with van der Waals surface area (Å²) in [6.07, 6.45) is 0. The number of hydrogen-bond donors (Lipinski definition) is 1. The lowest BCUT2D eigenvalue weighted by Crippen LogP contribution is -2.22. The van der Waals surface area contributed by atoms with E-state index in [2.05, 4.69) is 23.7 Å². The zero-order valence-corrected chi connectivity index (χ0v) is 11.9. The van der Waals surface area contributed by atoms with Gasteiger partial charge in [-0.1, -0.05) is 25.2 Å². The van der Waals surface area contributed by atoms with Crippen molar-refractivity contribution < 1.29 is 9.84 Å². The predicted octanol–water partition coefficient (Wildman–Crippen LogP) is 2.23. The van der Waals surface area contributed by atoms with Gasteiger partial charge >= 0.3 is 0 Å². The Bertz CT molecular complexity index is 339. The molecule has 0 spiro atoms. The highest BCUT2D eigenvalue weighted by molar-refractivity contribution is 7.15. The van der Waals surface area contributed by atoms with Crippen molar-refractivity contribution in [3.8, 4) is 0 Å². The SMILES string of the molecule is CCOCCN(C)c1nc(C(C)C)c(CO)s1. The van der Waals surface area contributed by atoms with E-state index in [1.54, 1.807) is 11.3 Å². The monoisotopic (exact) mass is 258 g/mol. The molecule has 17 heavy (non-hydrogen) atoms. The van der Waals surface area contributed by atoms with E-state index >= 15 is 0 Å². The van der Waals surface area contributed by atoms with Gasteiger partial charge in [0, 0.05) is 20.2 Å². The fraction of sp³-hybridized carbons (Fsp3) is 0.750. The first-order chi connectivity index (χ1) is 8.10. The van der Waals surface area contributed by atoms with Gasteiger partial charge in [0.25, 0.3) is 0 Å². The minimum atomic E-state index is 0.0739. The van der Waals surface area contributed by atoms with E-state index in [1.165, 1.54) is 0 Å². The molecule has 1 aromatic heterocycles. The Morgan fingerprint density at radius 2 is 2.18 bits per heavy atom. The number of anilines is 1. The van der Waals surface area contributed by atoms with Crippen molar-refractivity contribution in [2.24, 2.45) is 0 Å². The van der Waals surface area contributed by atoms with E-state index in [1.807, 2.05) is 14.0 Å². The number of hydrogen-bond acceptors (Lipinski definition) is 5. The molecule has 0 unspecified atom stereocenters. The van der Waals surface area contributed by atoms with Gasteiger partial charge in [0.05, 0.1) is 23.8 Å². The average Bonchev–Trinajstić information content (AvgIpc) is 2.73. The predicted molar refractivity (Wildman–Crippen MR) is 71.9 cm³/mol. The molecular formula is C12H22N2O2S. The van der Waals surface area contributed by atoms with E-state index in [-0.39, 0.29) is 6.61 Å². The minimum absolute atomic E-state index is 0.0739. The van der Waals surface area contributed by atoms with Crippen molar-refractivity contribution in [1.29, 1.82) is 0 Å². The van der Waals surface area contributed by atoms with Gasteiger partial charge in [-0.2, -0.15) is 0 Å². The third kappa shape index (κ3) is 3.94. The molecule has 0 bridgehead atoms. The number of aliphatic hydroxyl groups is 1. The Hall–Kier alpha value is -0.650. The molecular weight excluding hydrogens is 236 g/mol. The first-order valence-corrected chi connectivity index (χ1v) is 6.81. The van der Waals surface area contributed by atoms with Gasteiger partial charge in [0.15, 0.2) is 5.13 Å². The van der Waals surface area contributed by atoms with Gasteiger partial charge in [-0.3, -0.25) is 0 Å². The molecule has 0 aliphatic carbocycles. The molecule has 4 nitrogen and oxygen atoms in total. The fourth-order valence-corrected chi connectivity index (χ4v) is 2.58. The second kappa shape index (κ2) is 6.93. The largest absolute Gasteiger partial charge is 0.391 e. The van der Waals surface area contributed by atoms with Gasteiger partial charge in [0.2, 0.25) is 0 Å². The molecule has 0 radical (unpaired) electrons. The third-order valence-corrected chi connectivity index (χ3v) is 3.68. The number of thiazole rings is 1. The highest BCUT2D eigenvalue weighted by Crippen LogP contribution is 2.30. The third-order valence-electron chi connectivity index (χ3n) is 2.51. The molecule has 1 rings (SSSR count). The number of aromatic nitrogens is 1. The molecule has 0 amide bonds. The molecule has 0 fully saturated rings. The number of likely N-dealkylation sites (N-methyl/N-ethyl adjacent to an activating group) is 1. The molecule has 0 aromatic carbocycles. The summed E-state index contributed by atoms with van der Waals surface area (Å²) in [7, 11) is 2.00. The number of aliphatic hydroxyl groups excluding tert-OH is 1. The second-order valence-corrected chi connectivity index (χ2v) is 5.30. The molecule has 98 valence electrons. The number of nitrogens with zero attached hydrogens (tertiary/aromatic N) is 2. The Morgan fingerprint density at radius 3 is 2.65 bits per heavy atom. The van der Waals surface area contributed by atoms with Crippen LogP contribution in [0.15, 0.2) is 0 Å². The van der Waals surface area contributed by atoms with Crippen molar-refractivity contribution >= 4 is 16.5 Å². The summed E-state index contributed by atoms with van der Waals surface area (Å²) in [5, 5.41) is 10.3. The van der Waals surface area contributed by atoms with Crippen LogP contribution in [0.25, 0.3) is 0 Å². The summed E-state index contributed by atoms with van der Waals surface area (Å²) < 4.78 is 5.32. The summed E-state index contributed by atoms with van der Waals surface area (Å²) in [5.41, 5.74) is 1.01. The van der Waals surface area contributed by atoms with Crippen LogP contribution in [0.1, 0.15) is 37.3 Å². The molecule has 1 N–H and O–H groups in total. The lowest BCUT2D eigenvalue weighted by atomic mass is 10.1. The standard InChI is InChI=1S/C12H22N2O2S/c1-5-16-7-6-14(4)12-13-11(9(2)3)10(8-15)17-12/h9,15H,5-8H2,1-4H3. The molecule has 5 heteroatoms. The normalized spacial score (nSPS) is 11.2. The van der Waals surface area contributed by atoms with Crippen molar-refractivity contribution in [2.75, 3.05) is 31.7 Å². The van der Waals surface area contributed by atoms with Crippen molar-refractivity contribution in [2.45, 2.75) is 33.3 Å². The fourth-order valence-electron chi connectivity index (χ4n) is 1.52. The summed E-state index contributed by atoms with van der Waals surface area (Å²) in [5.74, 6) is 0.349. The summed E-state index contributed by atoms with van der Waals surface area (Å²) >= 11 is 1.56. The van der Waals surface area contributed by atoms with Crippen LogP contribution in [-0.2, 0) is 11.3 Å². The maximum Gasteiger partial charge on any atom is 0.185 e. The van der Waals surface area contributed by atoms with Gasteiger partial charge in [-0.15, -0.1) is 0 Å². The van der Waals surface area contributed by atoms with Crippen LogP contribution in [-0.4, -0.2) is 36.9 Å². The van der Waals surface area contributed by atoms with Gasteiger partial charge < -0.3 is 14.7 Å². The highest BCUT2D eigenvalue weighted by atomic mass is 32.1. The zero-order chi connectivity index (χ0) is 12.8. The number of rotatable bonds is 7. The minimum Gasteiger partial charge on any atom is -0.391 e. The summed E-state index contributed by atoms with van der Waals surface area (Å²) in [6.45, 7) is 8.53. The molecule has 0 atom stereocenters. The molecule has 1 heterocycles. The van der Waals surface area contributed by atoms with E-state index in [0.717, 1.165) is 28.9 Å². The first-order valence-electron chi connectivity index (χ1n) is 5.99. The quantitative estimate of drug-likeness (QED) is 0.762. The van der Waals surface area contributed by atoms with Gasteiger partial charge in [-0.25, -0.2) is 4.98 Å². The molecule has 0 aliphatic heterocycles. The molecule has 0 saturated carbocycles. The maximum absolute atomic E-state index is 9.30. The van der Waals surface area contributed by atoms with Crippen LogP contribution in [0, 0.1) is 0 Å². The summed E-state index contributed by atoms with van der Waals surface area (Å²) in [4.78, 5) is 7.63. The van der Waals surface area contributed by atoms with Crippen molar-refractivity contribution in [3.63, 3.8) is 0 Å². The van der Waals surface area contributed by atoms with Crippen LogP contribution in [0.3, 0.4) is 0 Å². The highest BCUT2D eigenvalue weighted by Gasteiger charge is 2.15.